The predicted molar refractivity (Wildman–Crippen MR) is 97.4 cm³/mol. The second kappa shape index (κ2) is 17.3. The molecule has 0 saturated heterocycles. The third-order valence-electron chi connectivity index (χ3n) is 3.74. The normalized spacial score (nSPS) is 13.0. The summed E-state index contributed by atoms with van der Waals surface area (Å²) in [6.07, 6.45) is 19.3. The minimum atomic E-state index is -0.300. The van der Waals surface area contributed by atoms with E-state index in [2.05, 4.69) is 13.0 Å². The van der Waals surface area contributed by atoms with Crippen LogP contribution in [0, 0.1) is 0 Å². The lowest BCUT2D eigenvalue weighted by Gasteiger charge is -2.03. The van der Waals surface area contributed by atoms with Crippen molar-refractivity contribution in [1.82, 2.24) is 0 Å². The summed E-state index contributed by atoms with van der Waals surface area (Å²) in [5.41, 5.74) is 0. The molecular weight excluding hydrogens is 288 g/mol. The van der Waals surface area contributed by atoms with Crippen LogP contribution in [0.1, 0.15) is 84.5 Å². The molecule has 1 atom stereocenters. The predicted octanol–water partition coefficient (Wildman–Crippen LogP) is 5.33. The van der Waals surface area contributed by atoms with Gasteiger partial charge < -0.3 is 9.84 Å². The summed E-state index contributed by atoms with van der Waals surface area (Å²) >= 11 is 0. The molecule has 0 aliphatic heterocycles. The molecule has 0 amide bonds. The molecule has 0 aromatic rings. The molecule has 0 radical (unpaired) electrons. The average molecular weight is 325 g/mol. The van der Waals surface area contributed by atoms with E-state index in [0.29, 0.717) is 13.0 Å². The molecule has 0 bridgehead atoms. The Balaban J connectivity index is 3.38. The van der Waals surface area contributed by atoms with Gasteiger partial charge in [-0.1, -0.05) is 69.8 Å². The fourth-order valence-corrected chi connectivity index (χ4v) is 2.36. The van der Waals surface area contributed by atoms with Crippen molar-refractivity contribution in [2.75, 3.05) is 6.61 Å². The molecule has 3 heteroatoms. The number of carbonyl (C=O) groups is 1. The van der Waals surface area contributed by atoms with Crippen molar-refractivity contribution < 1.29 is 14.6 Å². The minimum Gasteiger partial charge on any atom is -0.466 e. The van der Waals surface area contributed by atoms with E-state index in [1.807, 2.05) is 25.2 Å². The van der Waals surface area contributed by atoms with E-state index in [4.69, 9.17) is 4.74 Å². The standard InChI is InChI=1S/C20H36O3/c1-3-5-13-16-19(21)17-14-11-9-7-6-8-10-12-15-18-20(22)23-4-2/h9,11,14,17,19,21H,3-8,10,12-13,15-16,18H2,1-2H3/b11-9-,17-14+. The maximum Gasteiger partial charge on any atom is 0.305 e. The molecule has 0 aromatic carbocycles. The van der Waals surface area contributed by atoms with Gasteiger partial charge in [0.25, 0.3) is 0 Å². The van der Waals surface area contributed by atoms with E-state index in [1.165, 1.54) is 32.1 Å². The van der Waals surface area contributed by atoms with Crippen LogP contribution in [-0.4, -0.2) is 23.8 Å². The van der Waals surface area contributed by atoms with Crippen molar-refractivity contribution in [2.24, 2.45) is 0 Å². The van der Waals surface area contributed by atoms with Crippen molar-refractivity contribution >= 4 is 5.97 Å². The first kappa shape index (κ1) is 21.9. The molecule has 0 aromatic heterocycles. The van der Waals surface area contributed by atoms with Crippen LogP contribution < -0.4 is 0 Å². The Bertz CT molecular complexity index is 321. The van der Waals surface area contributed by atoms with Crippen LogP contribution >= 0.6 is 0 Å². The van der Waals surface area contributed by atoms with E-state index in [0.717, 1.165) is 32.1 Å². The van der Waals surface area contributed by atoms with Crippen LogP contribution in [0.2, 0.25) is 0 Å². The van der Waals surface area contributed by atoms with Gasteiger partial charge >= 0.3 is 5.97 Å². The van der Waals surface area contributed by atoms with Crippen molar-refractivity contribution in [1.29, 1.82) is 0 Å². The van der Waals surface area contributed by atoms with E-state index in [9.17, 15) is 9.90 Å². The minimum absolute atomic E-state index is 0.0703. The third kappa shape index (κ3) is 17.1. The van der Waals surface area contributed by atoms with E-state index < -0.39 is 0 Å². The number of ether oxygens (including phenoxy) is 1. The smallest absolute Gasteiger partial charge is 0.305 e. The van der Waals surface area contributed by atoms with Gasteiger partial charge in [0.05, 0.1) is 12.7 Å². The molecule has 0 spiro atoms. The zero-order valence-corrected chi connectivity index (χ0v) is 15.1. The maximum absolute atomic E-state index is 11.1. The first-order valence-electron chi connectivity index (χ1n) is 9.37. The highest BCUT2D eigenvalue weighted by Gasteiger charge is 2.00. The van der Waals surface area contributed by atoms with Gasteiger partial charge in [0.1, 0.15) is 0 Å². The van der Waals surface area contributed by atoms with Crippen molar-refractivity contribution in [2.45, 2.75) is 90.6 Å². The van der Waals surface area contributed by atoms with Crippen LogP contribution in [0.25, 0.3) is 0 Å². The monoisotopic (exact) mass is 324 g/mol. The summed E-state index contributed by atoms with van der Waals surface area (Å²) in [5, 5.41) is 9.72. The van der Waals surface area contributed by atoms with Crippen molar-refractivity contribution in [3.63, 3.8) is 0 Å². The topological polar surface area (TPSA) is 46.5 Å². The molecule has 134 valence electrons. The Labute approximate surface area is 142 Å². The summed E-state index contributed by atoms with van der Waals surface area (Å²) < 4.78 is 4.90. The van der Waals surface area contributed by atoms with Crippen LogP contribution in [0.15, 0.2) is 24.3 Å². The van der Waals surface area contributed by atoms with Gasteiger partial charge in [-0.15, -0.1) is 0 Å². The average Bonchev–Trinajstić information content (AvgIpc) is 2.53. The molecule has 23 heavy (non-hydrogen) atoms. The highest BCUT2D eigenvalue weighted by molar-refractivity contribution is 5.69. The zero-order chi connectivity index (χ0) is 17.2. The Morgan fingerprint density at radius 2 is 1.74 bits per heavy atom. The lowest BCUT2D eigenvalue weighted by Crippen LogP contribution is -2.03. The lowest BCUT2D eigenvalue weighted by atomic mass is 10.1. The number of aliphatic hydroxyl groups is 1. The quantitative estimate of drug-likeness (QED) is 0.251. The first-order valence-corrected chi connectivity index (χ1v) is 9.37. The number of hydrogen-bond acceptors (Lipinski definition) is 3. The van der Waals surface area contributed by atoms with Gasteiger partial charge in [-0.2, -0.15) is 0 Å². The molecule has 1 unspecified atom stereocenters. The van der Waals surface area contributed by atoms with E-state index >= 15 is 0 Å². The molecule has 0 aliphatic rings. The largest absolute Gasteiger partial charge is 0.466 e. The number of hydrogen-bond donors (Lipinski definition) is 1. The molecule has 1 N–H and O–H groups in total. The number of carbonyl (C=O) groups excluding carboxylic acids is 1. The Hall–Kier alpha value is -1.09. The maximum atomic E-state index is 11.1. The Kier molecular flexibility index (Phi) is 16.4. The van der Waals surface area contributed by atoms with Crippen LogP contribution in [0.3, 0.4) is 0 Å². The number of allylic oxidation sites excluding steroid dienone is 3. The number of unbranched alkanes of at least 4 members (excludes halogenated alkanes) is 7. The van der Waals surface area contributed by atoms with Crippen LogP contribution in [-0.2, 0) is 9.53 Å². The molecule has 0 heterocycles. The fraction of sp³-hybridized carbons (Fsp3) is 0.750. The third-order valence-corrected chi connectivity index (χ3v) is 3.74. The SMILES string of the molecule is CCCCCC(O)/C=C/C=C\CCCCCCCC(=O)OCC. The second-order valence-corrected chi connectivity index (χ2v) is 5.99. The molecular formula is C20H36O3. The molecule has 0 saturated carbocycles. The molecule has 0 fully saturated rings. The number of rotatable bonds is 15. The number of esters is 1. The molecule has 3 nitrogen and oxygen atoms in total. The van der Waals surface area contributed by atoms with Gasteiger partial charge in [-0.25, -0.2) is 0 Å². The van der Waals surface area contributed by atoms with Crippen molar-refractivity contribution in [3.05, 3.63) is 24.3 Å². The van der Waals surface area contributed by atoms with Gasteiger partial charge in [0.15, 0.2) is 0 Å². The second-order valence-electron chi connectivity index (χ2n) is 5.99. The van der Waals surface area contributed by atoms with Crippen LogP contribution in [0.4, 0.5) is 0 Å². The van der Waals surface area contributed by atoms with E-state index in [1.54, 1.807) is 0 Å². The van der Waals surface area contributed by atoms with Gasteiger partial charge in [0, 0.05) is 6.42 Å². The number of aliphatic hydroxyl groups excluding tert-OH is 1. The zero-order valence-electron chi connectivity index (χ0n) is 15.1. The molecule has 0 aliphatic carbocycles. The van der Waals surface area contributed by atoms with Gasteiger partial charge in [-0.3, -0.25) is 4.79 Å². The van der Waals surface area contributed by atoms with Crippen LogP contribution in [0.5, 0.6) is 0 Å². The first-order chi connectivity index (χ1) is 11.2. The fourth-order valence-electron chi connectivity index (χ4n) is 2.36. The highest BCUT2D eigenvalue weighted by Crippen LogP contribution is 2.08. The van der Waals surface area contributed by atoms with Gasteiger partial charge in [0.2, 0.25) is 0 Å². The Morgan fingerprint density at radius 1 is 1.00 bits per heavy atom. The summed E-state index contributed by atoms with van der Waals surface area (Å²) in [6.45, 7) is 4.49. The summed E-state index contributed by atoms with van der Waals surface area (Å²) in [4.78, 5) is 11.1. The highest BCUT2D eigenvalue weighted by atomic mass is 16.5. The van der Waals surface area contributed by atoms with Gasteiger partial charge in [-0.05, 0) is 32.6 Å². The van der Waals surface area contributed by atoms with E-state index in [-0.39, 0.29) is 12.1 Å². The summed E-state index contributed by atoms with van der Waals surface area (Å²) in [7, 11) is 0. The lowest BCUT2D eigenvalue weighted by molar-refractivity contribution is -0.143. The molecule has 0 rings (SSSR count). The van der Waals surface area contributed by atoms with Crippen molar-refractivity contribution in [3.8, 4) is 0 Å². The Morgan fingerprint density at radius 3 is 2.48 bits per heavy atom. The summed E-state index contributed by atoms with van der Waals surface area (Å²) in [6, 6.07) is 0. The summed E-state index contributed by atoms with van der Waals surface area (Å²) in [5.74, 6) is -0.0703.